The fraction of sp³-hybridized carbons (Fsp3) is 0.571. The monoisotopic (exact) mass is 220 g/mol. The van der Waals surface area contributed by atoms with E-state index in [1.807, 2.05) is 0 Å². The lowest BCUT2D eigenvalue weighted by Crippen LogP contribution is -2.28. The Bertz CT molecular complexity index is 290. The van der Waals surface area contributed by atoms with Gasteiger partial charge in [-0.05, 0) is 30.0 Å². The van der Waals surface area contributed by atoms with Gasteiger partial charge in [-0.15, -0.1) is 0 Å². The van der Waals surface area contributed by atoms with E-state index in [1.54, 1.807) is 0 Å². The molecule has 1 aromatic rings. The highest BCUT2D eigenvalue weighted by Gasteiger charge is 2.07. The van der Waals surface area contributed by atoms with E-state index in [-0.39, 0.29) is 0 Å². The fourth-order valence-electron chi connectivity index (χ4n) is 1.88. The van der Waals surface area contributed by atoms with E-state index < -0.39 is 0 Å². The van der Waals surface area contributed by atoms with Crippen LogP contribution in [0.5, 0.6) is 0 Å². The van der Waals surface area contributed by atoms with Crippen molar-refractivity contribution >= 4 is 5.69 Å². The number of anilines is 1. The number of nitrogens with two attached hydrogens (primary N) is 1. The zero-order chi connectivity index (χ0) is 12.0. The molecule has 2 nitrogen and oxygen atoms in total. The second-order valence-electron chi connectivity index (χ2n) is 4.71. The molecule has 0 unspecified atom stereocenters. The molecule has 0 saturated heterocycles. The van der Waals surface area contributed by atoms with Crippen LogP contribution in [-0.2, 0) is 6.54 Å². The number of nitrogens with zero attached hydrogens (tertiary/aromatic N) is 1. The minimum absolute atomic E-state index is 0.623. The van der Waals surface area contributed by atoms with Crippen molar-refractivity contribution in [2.75, 3.05) is 18.0 Å². The third kappa shape index (κ3) is 3.86. The van der Waals surface area contributed by atoms with Crippen molar-refractivity contribution in [3.63, 3.8) is 0 Å². The van der Waals surface area contributed by atoms with Crippen LogP contribution in [0.25, 0.3) is 0 Å². The summed E-state index contributed by atoms with van der Waals surface area (Å²) in [7, 11) is 0. The predicted octanol–water partition coefficient (Wildman–Crippen LogP) is 3.02. The summed E-state index contributed by atoms with van der Waals surface area (Å²) in [5.41, 5.74) is 8.11. The van der Waals surface area contributed by atoms with Crippen LogP contribution in [0, 0.1) is 5.92 Å². The molecule has 0 radical (unpaired) electrons. The lowest BCUT2D eigenvalue weighted by Gasteiger charge is -2.26. The molecule has 1 aromatic carbocycles. The normalized spacial score (nSPS) is 10.8. The molecule has 0 spiro atoms. The van der Waals surface area contributed by atoms with Gasteiger partial charge in [0, 0.05) is 25.3 Å². The Morgan fingerprint density at radius 3 is 2.25 bits per heavy atom. The summed E-state index contributed by atoms with van der Waals surface area (Å²) in [6, 6.07) is 8.61. The van der Waals surface area contributed by atoms with Crippen molar-refractivity contribution in [2.24, 2.45) is 11.7 Å². The van der Waals surface area contributed by atoms with Crippen molar-refractivity contribution in [1.29, 1.82) is 0 Å². The zero-order valence-electron chi connectivity index (χ0n) is 10.7. The lowest BCUT2D eigenvalue weighted by molar-refractivity contribution is 0.606. The molecule has 0 aromatic heterocycles. The molecule has 0 bridgehead atoms. The van der Waals surface area contributed by atoms with E-state index in [0.717, 1.165) is 13.1 Å². The van der Waals surface area contributed by atoms with Crippen LogP contribution in [0.3, 0.4) is 0 Å². The zero-order valence-corrected chi connectivity index (χ0v) is 10.7. The van der Waals surface area contributed by atoms with Crippen molar-refractivity contribution in [2.45, 2.75) is 33.7 Å². The Morgan fingerprint density at radius 2 is 1.81 bits per heavy atom. The summed E-state index contributed by atoms with van der Waals surface area (Å²) in [5, 5.41) is 0. The molecule has 2 heteroatoms. The molecule has 0 aliphatic rings. The number of hydrogen-bond acceptors (Lipinski definition) is 2. The number of benzene rings is 1. The maximum Gasteiger partial charge on any atom is 0.0366 e. The Morgan fingerprint density at radius 1 is 1.19 bits per heavy atom. The van der Waals surface area contributed by atoms with Gasteiger partial charge >= 0.3 is 0 Å². The van der Waals surface area contributed by atoms with Crippen LogP contribution in [0.4, 0.5) is 5.69 Å². The smallest absolute Gasteiger partial charge is 0.0366 e. The van der Waals surface area contributed by atoms with Crippen molar-refractivity contribution < 1.29 is 0 Å². The highest BCUT2D eigenvalue weighted by molar-refractivity contribution is 5.47. The van der Waals surface area contributed by atoms with Gasteiger partial charge in [0.2, 0.25) is 0 Å². The van der Waals surface area contributed by atoms with Crippen LogP contribution in [0.1, 0.15) is 32.8 Å². The first kappa shape index (κ1) is 13.0. The van der Waals surface area contributed by atoms with E-state index in [2.05, 4.69) is 49.9 Å². The fourth-order valence-corrected chi connectivity index (χ4v) is 1.88. The molecule has 90 valence electrons. The van der Waals surface area contributed by atoms with Crippen LogP contribution < -0.4 is 10.6 Å². The van der Waals surface area contributed by atoms with Crippen LogP contribution in [-0.4, -0.2) is 13.1 Å². The van der Waals surface area contributed by atoms with Gasteiger partial charge < -0.3 is 10.6 Å². The standard InChI is InChI=1S/C14H24N2/c1-4-9-16(11-12(2)3)14-7-5-13(10-15)6-8-14/h5-8,12H,4,9-11,15H2,1-3H3. The largest absolute Gasteiger partial charge is 0.371 e. The summed E-state index contributed by atoms with van der Waals surface area (Å²) in [6.45, 7) is 9.61. The molecule has 0 atom stereocenters. The van der Waals surface area contributed by atoms with Crippen molar-refractivity contribution in [3.8, 4) is 0 Å². The van der Waals surface area contributed by atoms with Gasteiger partial charge in [0.1, 0.15) is 0 Å². The summed E-state index contributed by atoms with van der Waals surface area (Å²) < 4.78 is 0. The summed E-state index contributed by atoms with van der Waals surface area (Å²) >= 11 is 0. The molecular formula is C14H24N2. The van der Waals surface area contributed by atoms with Gasteiger partial charge in [0.15, 0.2) is 0 Å². The third-order valence-electron chi connectivity index (χ3n) is 2.62. The second-order valence-corrected chi connectivity index (χ2v) is 4.71. The molecule has 0 fully saturated rings. The molecule has 0 aliphatic heterocycles. The van der Waals surface area contributed by atoms with E-state index in [4.69, 9.17) is 5.73 Å². The molecule has 0 aliphatic carbocycles. The average Bonchev–Trinajstić information content (AvgIpc) is 2.28. The summed E-state index contributed by atoms with van der Waals surface area (Å²) in [6.07, 6.45) is 1.19. The predicted molar refractivity (Wildman–Crippen MR) is 71.7 cm³/mol. The first-order valence-electron chi connectivity index (χ1n) is 6.21. The van der Waals surface area contributed by atoms with Gasteiger partial charge in [-0.25, -0.2) is 0 Å². The molecule has 0 saturated carbocycles. The summed E-state index contributed by atoms with van der Waals surface area (Å²) in [4.78, 5) is 2.45. The van der Waals surface area contributed by atoms with Gasteiger partial charge in [0.05, 0.1) is 0 Å². The quantitative estimate of drug-likeness (QED) is 0.798. The first-order chi connectivity index (χ1) is 7.67. The Hall–Kier alpha value is -1.02. The molecule has 0 amide bonds. The Labute approximate surface area is 99.5 Å². The molecular weight excluding hydrogens is 196 g/mol. The molecule has 2 N–H and O–H groups in total. The van der Waals surface area contributed by atoms with E-state index >= 15 is 0 Å². The molecule has 1 rings (SSSR count). The Kier molecular flexibility index (Phi) is 5.33. The van der Waals surface area contributed by atoms with Gasteiger partial charge in [0.25, 0.3) is 0 Å². The highest BCUT2D eigenvalue weighted by Crippen LogP contribution is 2.17. The minimum Gasteiger partial charge on any atom is -0.371 e. The van der Waals surface area contributed by atoms with Crippen LogP contribution in [0.2, 0.25) is 0 Å². The number of hydrogen-bond donors (Lipinski definition) is 1. The second kappa shape index (κ2) is 6.54. The van der Waals surface area contributed by atoms with Crippen molar-refractivity contribution in [3.05, 3.63) is 29.8 Å². The average molecular weight is 220 g/mol. The molecule has 16 heavy (non-hydrogen) atoms. The Balaban J connectivity index is 2.75. The lowest BCUT2D eigenvalue weighted by atomic mass is 10.1. The van der Waals surface area contributed by atoms with Gasteiger partial charge in [-0.3, -0.25) is 0 Å². The minimum atomic E-state index is 0.623. The topological polar surface area (TPSA) is 29.3 Å². The third-order valence-corrected chi connectivity index (χ3v) is 2.62. The SMILES string of the molecule is CCCN(CC(C)C)c1ccc(CN)cc1. The van der Waals surface area contributed by atoms with E-state index in [1.165, 1.54) is 17.7 Å². The van der Waals surface area contributed by atoms with Crippen molar-refractivity contribution in [1.82, 2.24) is 0 Å². The van der Waals surface area contributed by atoms with Crippen LogP contribution in [0.15, 0.2) is 24.3 Å². The number of rotatable bonds is 6. The maximum absolute atomic E-state index is 5.60. The highest BCUT2D eigenvalue weighted by atomic mass is 15.1. The van der Waals surface area contributed by atoms with E-state index in [0.29, 0.717) is 12.5 Å². The van der Waals surface area contributed by atoms with Gasteiger partial charge in [-0.2, -0.15) is 0 Å². The van der Waals surface area contributed by atoms with Crippen LogP contribution >= 0.6 is 0 Å². The van der Waals surface area contributed by atoms with Gasteiger partial charge in [-0.1, -0.05) is 32.9 Å². The first-order valence-corrected chi connectivity index (χ1v) is 6.21. The molecule has 0 heterocycles. The summed E-state index contributed by atoms with van der Waals surface area (Å²) in [5.74, 6) is 0.695. The maximum atomic E-state index is 5.60. The van der Waals surface area contributed by atoms with E-state index in [9.17, 15) is 0 Å².